The maximum Gasteiger partial charge on any atom is 0.317 e. The lowest BCUT2D eigenvalue weighted by molar-refractivity contribution is -0.139. The van der Waals surface area contributed by atoms with Crippen LogP contribution >= 0.6 is 0 Å². The topological polar surface area (TPSA) is 389 Å². The minimum absolute atomic E-state index is 0.0176. The molecule has 0 saturated carbocycles. The van der Waals surface area contributed by atoms with Crippen LogP contribution in [0.3, 0.4) is 0 Å². The molecule has 0 bridgehead atoms. The first kappa shape index (κ1) is 85.0. The Labute approximate surface area is 718 Å². The summed E-state index contributed by atoms with van der Waals surface area (Å²) in [4.78, 5) is 157. The summed E-state index contributed by atoms with van der Waals surface area (Å²) in [6.07, 6.45) is 13.1. The van der Waals surface area contributed by atoms with E-state index >= 15 is 0 Å². The van der Waals surface area contributed by atoms with E-state index < -0.39 is 59.4 Å². The van der Waals surface area contributed by atoms with Gasteiger partial charge < -0.3 is 46.4 Å². The van der Waals surface area contributed by atoms with Crippen LogP contribution in [0.15, 0.2) is 158 Å². The average Bonchev–Trinajstić information content (AvgIpc) is 1.61. The predicted octanol–water partition coefficient (Wildman–Crippen LogP) is 8.30. The normalized spacial score (nSPS) is 19.2. The number of halogens is 2. The van der Waals surface area contributed by atoms with Gasteiger partial charge in [-0.05, 0) is 185 Å². The summed E-state index contributed by atoms with van der Waals surface area (Å²) in [5.74, 6) is -2.05. The summed E-state index contributed by atoms with van der Waals surface area (Å²) in [7, 11) is 0. The lowest BCUT2D eigenvalue weighted by Crippen LogP contribution is -2.54. The van der Waals surface area contributed by atoms with Gasteiger partial charge in [-0.3, -0.25) is 78.2 Å². The highest BCUT2D eigenvalue weighted by Crippen LogP contribution is 2.40. The largest absolute Gasteiger partial charge is 0.480 e. The molecule has 4 atom stereocenters. The van der Waals surface area contributed by atoms with Crippen molar-refractivity contribution in [1.29, 1.82) is 0 Å². The minimum atomic E-state index is -1.01. The molecule has 125 heavy (non-hydrogen) atoms. The molecule has 4 aromatic carbocycles. The Morgan fingerprint density at radius 3 is 1.34 bits per heavy atom. The van der Waals surface area contributed by atoms with E-state index in [4.69, 9.17) is 31.0 Å². The first-order valence-corrected chi connectivity index (χ1v) is 42.8. The van der Waals surface area contributed by atoms with Crippen molar-refractivity contribution in [2.24, 2.45) is 5.73 Å². The highest BCUT2D eigenvalue weighted by Gasteiger charge is 2.48. The first-order chi connectivity index (χ1) is 60.8. The maximum atomic E-state index is 14.1. The number of fused-ring (bicyclic) bond motifs is 4. The molecule has 9 amide bonds. The Hall–Kier alpha value is -13.5. The zero-order valence-electron chi connectivity index (χ0n) is 69.1. The van der Waals surface area contributed by atoms with Gasteiger partial charge in [0.15, 0.2) is 11.3 Å². The van der Waals surface area contributed by atoms with Crippen LogP contribution in [0.5, 0.6) is 0 Å². The molecule has 8 aliphatic heterocycles. The van der Waals surface area contributed by atoms with Crippen LogP contribution in [-0.4, -0.2) is 240 Å². The summed E-state index contributed by atoms with van der Waals surface area (Å²) >= 11 is 0. The molecule has 648 valence electrons. The molecule has 0 radical (unpaired) electrons. The number of piperazine rings is 2. The van der Waals surface area contributed by atoms with Crippen molar-refractivity contribution in [2.75, 3.05) is 135 Å². The molecule has 35 heteroatoms. The molecule has 6 aromatic heterocycles. The molecule has 6 fully saturated rings. The number of aliphatic carboxylic acids is 1. The Morgan fingerprint density at radius 1 is 0.456 bits per heavy atom. The molecule has 18 rings (SSSR count). The molecular formula is C90H98F2N22O11. The number of imide groups is 4. The molecule has 0 spiro atoms. The highest BCUT2D eigenvalue weighted by atomic mass is 19.1. The summed E-state index contributed by atoms with van der Waals surface area (Å²) in [5.41, 5.74) is 14.1. The number of benzene rings is 4. The predicted molar refractivity (Wildman–Crippen MR) is 462 cm³/mol. The summed E-state index contributed by atoms with van der Waals surface area (Å²) in [6.45, 7) is 10.2. The molecule has 33 nitrogen and oxygen atoms in total. The fourth-order valence-electron chi connectivity index (χ4n) is 17.7. The number of pyridine rings is 2. The number of aromatic nitrogens is 8. The van der Waals surface area contributed by atoms with Crippen LogP contribution in [0.2, 0.25) is 0 Å². The second-order valence-electron chi connectivity index (χ2n) is 32.2. The smallest absolute Gasteiger partial charge is 0.317 e. The molecular weight excluding hydrogens is 1600 g/mol. The average molecular weight is 1700 g/mol. The van der Waals surface area contributed by atoms with Crippen molar-refractivity contribution in [1.82, 2.24) is 74.7 Å². The second kappa shape index (κ2) is 38.5. The van der Waals surface area contributed by atoms with Gasteiger partial charge in [-0.1, -0.05) is 55.0 Å². The van der Waals surface area contributed by atoms with Gasteiger partial charge in [0.1, 0.15) is 58.4 Å². The van der Waals surface area contributed by atoms with Gasteiger partial charge in [0, 0.05) is 109 Å². The van der Waals surface area contributed by atoms with E-state index in [1.165, 1.54) is 12.1 Å². The van der Waals surface area contributed by atoms with Crippen molar-refractivity contribution >= 4 is 105 Å². The first-order valence-electron chi connectivity index (χ1n) is 42.8. The van der Waals surface area contributed by atoms with Crippen LogP contribution in [0.4, 0.5) is 43.4 Å². The lowest BCUT2D eigenvalue weighted by atomic mass is 10.0. The molecule has 6 saturated heterocycles. The number of rotatable bonds is 27. The third-order valence-electron chi connectivity index (χ3n) is 24.0. The second-order valence-corrected chi connectivity index (χ2v) is 32.2. The third kappa shape index (κ3) is 19.0. The lowest BCUT2D eigenvalue weighted by Gasteiger charge is -2.35. The van der Waals surface area contributed by atoms with Crippen LogP contribution in [0.25, 0.3) is 34.1 Å². The summed E-state index contributed by atoms with van der Waals surface area (Å²) < 4.78 is 31.7. The van der Waals surface area contributed by atoms with Crippen LogP contribution in [0, 0.1) is 11.6 Å². The SMILES string of the molecule is NCCCCCNc1cccc2c1C(=O)N(C1CCC(=O)NC1=O)C2=O.O=C(CN1CCN(c2cccc(-c3cnc4ccc(N5CCC[C@@H]5c5cccc(F)c5)nn34)n2)CC1)NCCCCCNc1cccc2c1C(=O)N(C1CCC(=O)NC1=O)C2=O.O=C(O)CN1CCN(c2cccc(-c3cnc4ccc(N5CCC[C@@H]5c5cccc(F)c5)nn34)n2)CC1. The number of unbranched alkanes of at least 4 members (excludes halogenated alkanes) is 4. The van der Waals surface area contributed by atoms with E-state index in [0.29, 0.717) is 68.4 Å². The molecule has 2 unspecified atom stereocenters. The standard InChI is InChI=1S/C45H48FN11O5.C27H28FN7O2.C18H22N4O4/c46-30-9-4-8-29(26-30)34-13-7-21-55(34)39-17-16-37-49-27-36(57(37)52-39)32-11-6-14-38(50-32)54-24-22-53(23-25-54)28-41(59)48-20-3-1-2-19-47-33-12-5-10-31-42(33)45(62)56(44(31)61)35-15-18-40(58)51-43(35)60;28-20-5-1-4-19(16-20)22-7-3-11-34(22)26-10-9-24-29-17-23(35(24)31-26)21-6-2-8-25(30-21)33-14-12-32(13-15-33)18-27(36)37;19-9-2-1-3-10-20-12-6-4-5-11-15(12)18(26)22(17(11)25)13-7-8-14(23)21-16(13)24/h4-6,8-12,14,16-17,26-27,34-35,47H,1-3,7,13,15,18-25,28H2,(H,48,59)(H,51,58,60);1-2,4-6,8-10,16-17,22H,3,7,11-15,18H2,(H,36,37);4-6,13,20H,1-3,7-10,19H2,(H,21,23,24)/t34-,35?;22-;/m11./s1. The van der Waals surface area contributed by atoms with Gasteiger partial charge in [0.25, 0.3) is 23.6 Å². The van der Waals surface area contributed by atoms with E-state index in [9.17, 15) is 56.7 Å². The molecule has 10 aromatic rings. The maximum absolute atomic E-state index is 14.1. The van der Waals surface area contributed by atoms with Crippen LogP contribution in [-0.2, 0) is 28.8 Å². The Balaban J connectivity index is 0.000000154. The number of piperidine rings is 2. The van der Waals surface area contributed by atoms with Gasteiger partial charge >= 0.3 is 5.97 Å². The van der Waals surface area contributed by atoms with Crippen molar-refractivity contribution in [3.8, 4) is 22.8 Å². The van der Waals surface area contributed by atoms with Gasteiger partial charge in [0.2, 0.25) is 29.5 Å². The van der Waals surface area contributed by atoms with Gasteiger partial charge in [-0.15, -0.1) is 10.2 Å². The number of nitrogens with zero attached hydrogens (tertiary/aromatic N) is 16. The Bertz CT molecular complexity index is 5750. The zero-order chi connectivity index (χ0) is 86.8. The van der Waals surface area contributed by atoms with E-state index in [0.717, 1.165) is 189 Å². The Kier molecular flexibility index (Phi) is 26.2. The number of hydrogen-bond acceptors (Lipinski definition) is 25. The van der Waals surface area contributed by atoms with E-state index in [1.54, 1.807) is 73.1 Å². The zero-order valence-corrected chi connectivity index (χ0v) is 69.1. The molecule has 14 heterocycles. The minimum Gasteiger partial charge on any atom is -0.480 e. The third-order valence-corrected chi connectivity index (χ3v) is 24.0. The van der Waals surface area contributed by atoms with E-state index in [-0.39, 0.29) is 84.5 Å². The molecule has 0 aliphatic carbocycles. The number of amides is 9. The van der Waals surface area contributed by atoms with Crippen molar-refractivity contribution in [3.05, 3.63) is 203 Å². The van der Waals surface area contributed by atoms with E-state index in [1.807, 2.05) is 86.7 Å². The van der Waals surface area contributed by atoms with Crippen LogP contribution in [0.1, 0.15) is 155 Å². The summed E-state index contributed by atoms with van der Waals surface area (Å²) in [5, 5.41) is 32.9. The monoisotopic (exact) mass is 1700 g/mol. The number of anilines is 6. The number of nitrogens with one attached hydrogen (secondary N) is 5. The summed E-state index contributed by atoms with van der Waals surface area (Å²) in [6, 6.07) is 41.6. The number of carbonyl (C=O) groups excluding carboxylic acids is 9. The number of hydrogen-bond donors (Lipinski definition) is 7. The van der Waals surface area contributed by atoms with Crippen molar-refractivity contribution in [2.45, 2.75) is 114 Å². The molecule has 8 N–H and O–H groups in total. The van der Waals surface area contributed by atoms with E-state index in [2.05, 4.69) is 61.1 Å². The van der Waals surface area contributed by atoms with Gasteiger partial charge in [0.05, 0.1) is 71.2 Å². The number of imidazole rings is 2. The number of carbonyl (C=O) groups is 10. The number of carboxylic acid groups (broad SMARTS) is 1. The highest BCUT2D eigenvalue weighted by molar-refractivity contribution is 6.26. The Morgan fingerprint density at radius 2 is 0.896 bits per heavy atom. The van der Waals surface area contributed by atoms with Gasteiger partial charge in [-0.25, -0.2) is 37.7 Å². The fraction of sp³-hybridized carbons (Fsp3) is 0.378. The number of nitrogens with two attached hydrogens (primary N) is 1. The fourth-order valence-corrected chi connectivity index (χ4v) is 17.7. The quantitative estimate of drug-likeness (QED) is 0.0188. The van der Waals surface area contributed by atoms with Crippen LogP contribution < -0.4 is 51.9 Å². The van der Waals surface area contributed by atoms with Gasteiger partial charge in [-0.2, -0.15) is 0 Å². The number of carboxylic acids is 1. The molecule has 8 aliphatic rings. The van der Waals surface area contributed by atoms with Crippen molar-refractivity contribution < 1.29 is 61.8 Å². The van der Waals surface area contributed by atoms with Crippen molar-refractivity contribution in [3.63, 3.8) is 0 Å².